The van der Waals surface area contributed by atoms with Gasteiger partial charge in [-0.15, -0.1) is 0 Å². The Kier molecular flexibility index (Phi) is 3.58. The molecule has 1 atom stereocenters. The average Bonchev–Trinajstić information content (AvgIpc) is 3.24. The van der Waals surface area contributed by atoms with Crippen molar-refractivity contribution in [3.05, 3.63) is 53.9 Å². The molecule has 6 heteroatoms. The van der Waals surface area contributed by atoms with Crippen LogP contribution in [0.5, 0.6) is 5.75 Å². The van der Waals surface area contributed by atoms with Gasteiger partial charge in [0.15, 0.2) is 0 Å². The van der Waals surface area contributed by atoms with Gasteiger partial charge in [0.05, 0.1) is 17.5 Å². The van der Waals surface area contributed by atoms with Crippen molar-refractivity contribution in [3.63, 3.8) is 0 Å². The molecule has 120 valence electrons. The zero-order valence-electron chi connectivity index (χ0n) is 12.7. The van der Waals surface area contributed by atoms with Gasteiger partial charge in [0.25, 0.3) is 0 Å². The maximum Gasteiger partial charge on any atom is 0.243 e. The minimum absolute atomic E-state index is 0.104. The maximum absolute atomic E-state index is 13.1. The molecule has 0 radical (unpaired) electrons. The van der Waals surface area contributed by atoms with E-state index in [9.17, 15) is 8.42 Å². The number of nitrogens with zero attached hydrogens (tertiary/aromatic N) is 2. The largest absolute Gasteiger partial charge is 0.493 e. The molecule has 5 nitrogen and oxygen atoms in total. The first-order chi connectivity index (χ1) is 11.2. The molecule has 0 amide bonds. The Hall–Kier alpha value is -1.92. The summed E-state index contributed by atoms with van der Waals surface area (Å²) in [7, 11) is -3.50. The van der Waals surface area contributed by atoms with Gasteiger partial charge >= 0.3 is 0 Å². The molecule has 23 heavy (non-hydrogen) atoms. The monoisotopic (exact) mass is 330 g/mol. The number of benzene rings is 1. The highest BCUT2D eigenvalue weighted by molar-refractivity contribution is 7.89. The van der Waals surface area contributed by atoms with Crippen LogP contribution in [0.4, 0.5) is 0 Å². The normalized spacial score (nSPS) is 21.1. The molecular formula is C17H18N2O3S. The van der Waals surface area contributed by atoms with Gasteiger partial charge < -0.3 is 4.74 Å². The van der Waals surface area contributed by atoms with E-state index in [1.165, 1.54) is 0 Å². The molecule has 2 aromatic rings. The molecule has 0 N–H and O–H groups in total. The maximum atomic E-state index is 13.1. The fourth-order valence-corrected chi connectivity index (χ4v) is 5.14. The van der Waals surface area contributed by atoms with Crippen LogP contribution in [0.25, 0.3) is 0 Å². The molecule has 4 rings (SSSR count). The van der Waals surface area contributed by atoms with Gasteiger partial charge in [0, 0.05) is 25.4 Å². The predicted octanol–water partition coefficient (Wildman–Crippen LogP) is 2.54. The Labute approximate surface area is 136 Å². The van der Waals surface area contributed by atoms with E-state index in [1.807, 2.05) is 12.1 Å². The number of ether oxygens (including phenoxy) is 1. The molecule has 0 bridgehead atoms. The van der Waals surface area contributed by atoms with E-state index in [0.717, 1.165) is 36.1 Å². The van der Waals surface area contributed by atoms with Crippen molar-refractivity contribution in [1.29, 1.82) is 0 Å². The Morgan fingerprint density at radius 3 is 2.83 bits per heavy atom. The topological polar surface area (TPSA) is 59.5 Å². The van der Waals surface area contributed by atoms with Crippen LogP contribution in [0.3, 0.4) is 0 Å². The molecule has 1 aromatic carbocycles. The van der Waals surface area contributed by atoms with E-state index in [2.05, 4.69) is 4.98 Å². The molecule has 1 saturated heterocycles. The summed E-state index contributed by atoms with van der Waals surface area (Å²) in [4.78, 5) is 4.38. The summed E-state index contributed by atoms with van der Waals surface area (Å²) < 4.78 is 33.3. The van der Waals surface area contributed by atoms with Gasteiger partial charge in [0.1, 0.15) is 5.75 Å². The zero-order chi connectivity index (χ0) is 15.9. The molecule has 0 saturated carbocycles. The predicted molar refractivity (Wildman–Crippen MR) is 85.7 cm³/mol. The van der Waals surface area contributed by atoms with Gasteiger partial charge in [0.2, 0.25) is 10.0 Å². The SMILES string of the molecule is O=S(=O)(c1ccc2c(c1)CCO2)N1CCCC1c1ccncc1. The van der Waals surface area contributed by atoms with Crippen molar-refractivity contribution in [1.82, 2.24) is 9.29 Å². The first-order valence-electron chi connectivity index (χ1n) is 7.84. The fourth-order valence-electron chi connectivity index (χ4n) is 3.41. The quantitative estimate of drug-likeness (QED) is 0.868. The molecule has 3 heterocycles. The summed E-state index contributed by atoms with van der Waals surface area (Å²) in [6.07, 6.45) is 5.92. The summed E-state index contributed by atoms with van der Waals surface area (Å²) in [5, 5.41) is 0. The lowest BCUT2D eigenvalue weighted by Crippen LogP contribution is -2.30. The van der Waals surface area contributed by atoms with Crippen LogP contribution in [-0.4, -0.2) is 30.9 Å². The minimum Gasteiger partial charge on any atom is -0.493 e. The average molecular weight is 330 g/mol. The van der Waals surface area contributed by atoms with E-state index >= 15 is 0 Å². The number of sulfonamides is 1. The number of pyridine rings is 1. The van der Waals surface area contributed by atoms with E-state index in [-0.39, 0.29) is 6.04 Å². The molecule has 1 aromatic heterocycles. The van der Waals surface area contributed by atoms with Gasteiger partial charge in [-0.2, -0.15) is 4.31 Å². The molecule has 1 unspecified atom stereocenters. The molecule has 0 aliphatic carbocycles. The van der Waals surface area contributed by atoms with Gasteiger partial charge in [-0.25, -0.2) is 8.42 Å². The zero-order valence-corrected chi connectivity index (χ0v) is 13.5. The van der Waals surface area contributed by atoms with E-state index in [4.69, 9.17) is 4.74 Å². The third kappa shape index (κ3) is 2.52. The Morgan fingerprint density at radius 2 is 2.00 bits per heavy atom. The van der Waals surface area contributed by atoms with Crippen molar-refractivity contribution >= 4 is 10.0 Å². The Bertz CT molecular complexity index is 821. The summed E-state index contributed by atoms with van der Waals surface area (Å²) in [6.45, 7) is 1.19. The lowest BCUT2D eigenvalue weighted by molar-refractivity contribution is 0.356. The van der Waals surface area contributed by atoms with Crippen LogP contribution in [0.2, 0.25) is 0 Å². The van der Waals surface area contributed by atoms with E-state index < -0.39 is 10.0 Å². The second-order valence-corrected chi connectivity index (χ2v) is 7.81. The van der Waals surface area contributed by atoms with Crippen LogP contribution in [-0.2, 0) is 16.4 Å². The number of aromatic nitrogens is 1. The second-order valence-electron chi connectivity index (χ2n) is 5.92. The van der Waals surface area contributed by atoms with E-state index in [0.29, 0.717) is 18.0 Å². The lowest BCUT2D eigenvalue weighted by Gasteiger charge is -2.24. The van der Waals surface area contributed by atoms with Crippen LogP contribution >= 0.6 is 0 Å². The van der Waals surface area contributed by atoms with Crippen LogP contribution in [0.15, 0.2) is 47.6 Å². The van der Waals surface area contributed by atoms with Crippen molar-refractivity contribution in [2.75, 3.05) is 13.2 Å². The highest BCUT2D eigenvalue weighted by Gasteiger charge is 2.36. The highest BCUT2D eigenvalue weighted by Crippen LogP contribution is 2.37. The summed E-state index contributed by atoms with van der Waals surface area (Å²) >= 11 is 0. The number of hydrogen-bond acceptors (Lipinski definition) is 4. The standard InChI is InChI=1S/C17H18N2O3S/c20-23(21,15-3-4-17-14(12-15)7-11-22-17)19-10-1-2-16(19)13-5-8-18-9-6-13/h3-6,8-9,12,16H,1-2,7,10-11H2. The Morgan fingerprint density at radius 1 is 1.17 bits per heavy atom. The number of hydrogen-bond donors (Lipinski definition) is 0. The fraction of sp³-hybridized carbons (Fsp3) is 0.353. The molecule has 2 aliphatic rings. The van der Waals surface area contributed by atoms with Gasteiger partial charge in [-0.1, -0.05) is 0 Å². The van der Waals surface area contributed by atoms with Crippen molar-refractivity contribution in [3.8, 4) is 5.75 Å². The second kappa shape index (κ2) is 5.62. The summed E-state index contributed by atoms with van der Waals surface area (Å²) in [5.74, 6) is 0.802. The molecule has 0 spiro atoms. The van der Waals surface area contributed by atoms with Crippen LogP contribution in [0.1, 0.15) is 30.0 Å². The number of fused-ring (bicyclic) bond motifs is 1. The molecular weight excluding hydrogens is 312 g/mol. The van der Waals surface area contributed by atoms with Crippen molar-refractivity contribution in [2.24, 2.45) is 0 Å². The molecule has 1 fully saturated rings. The minimum atomic E-state index is -3.50. The lowest BCUT2D eigenvalue weighted by atomic mass is 10.1. The van der Waals surface area contributed by atoms with Crippen LogP contribution < -0.4 is 4.74 Å². The van der Waals surface area contributed by atoms with Crippen molar-refractivity contribution < 1.29 is 13.2 Å². The number of rotatable bonds is 3. The Balaban J connectivity index is 1.70. The molecule has 2 aliphatic heterocycles. The van der Waals surface area contributed by atoms with Gasteiger partial charge in [-0.3, -0.25) is 4.98 Å². The smallest absolute Gasteiger partial charge is 0.243 e. The highest BCUT2D eigenvalue weighted by atomic mass is 32.2. The first kappa shape index (κ1) is 14.7. The summed E-state index contributed by atoms with van der Waals surface area (Å²) in [6, 6.07) is 8.88. The first-order valence-corrected chi connectivity index (χ1v) is 9.28. The van der Waals surface area contributed by atoms with Gasteiger partial charge in [-0.05, 0) is 54.3 Å². The van der Waals surface area contributed by atoms with Crippen molar-refractivity contribution in [2.45, 2.75) is 30.2 Å². The third-order valence-corrected chi connectivity index (χ3v) is 6.47. The third-order valence-electron chi connectivity index (χ3n) is 4.56. The summed E-state index contributed by atoms with van der Waals surface area (Å²) in [5.41, 5.74) is 1.98. The van der Waals surface area contributed by atoms with E-state index in [1.54, 1.807) is 34.9 Å². The van der Waals surface area contributed by atoms with Crippen LogP contribution in [0, 0.1) is 0 Å².